The van der Waals surface area contributed by atoms with Gasteiger partial charge in [0.15, 0.2) is 0 Å². The number of carbonyl (C=O) groups is 1. The average Bonchev–Trinajstić information content (AvgIpc) is 2.39. The second-order valence-corrected chi connectivity index (χ2v) is 5.18. The summed E-state index contributed by atoms with van der Waals surface area (Å²) in [6.45, 7) is 5.93. The third-order valence-corrected chi connectivity index (χ3v) is 3.50. The summed E-state index contributed by atoms with van der Waals surface area (Å²) >= 11 is 6.09. The highest BCUT2D eigenvalue weighted by Gasteiger charge is 2.27. The smallest absolute Gasteiger partial charge is 0.140 e. The molecule has 0 bridgehead atoms. The van der Waals surface area contributed by atoms with Crippen LogP contribution in [0.5, 0.6) is 11.5 Å². The molecular formula is C15H21ClO3. The van der Waals surface area contributed by atoms with Gasteiger partial charge >= 0.3 is 0 Å². The minimum Gasteiger partial charge on any atom is -0.496 e. The number of ketones is 1. The highest BCUT2D eigenvalue weighted by molar-refractivity contribution is 6.32. The van der Waals surface area contributed by atoms with E-state index in [1.807, 2.05) is 20.8 Å². The summed E-state index contributed by atoms with van der Waals surface area (Å²) in [5, 5.41) is 0.481. The highest BCUT2D eigenvalue weighted by Crippen LogP contribution is 2.39. The fourth-order valence-electron chi connectivity index (χ4n) is 2.25. The van der Waals surface area contributed by atoms with Crippen LogP contribution in [0.1, 0.15) is 38.7 Å². The lowest BCUT2D eigenvalue weighted by atomic mass is 9.83. The third-order valence-electron chi connectivity index (χ3n) is 3.20. The molecule has 0 saturated carbocycles. The zero-order valence-corrected chi connectivity index (χ0v) is 12.9. The second-order valence-electron chi connectivity index (χ2n) is 4.77. The van der Waals surface area contributed by atoms with Crippen molar-refractivity contribution in [3.8, 4) is 11.5 Å². The number of rotatable bonds is 6. The van der Waals surface area contributed by atoms with Gasteiger partial charge in [-0.2, -0.15) is 0 Å². The van der Waals surface area contributed by atoms with E-state index in [0.717, 1.165) is 5.56 Å². The monoisotopic (exact) mass is 284 g/mol. The Morgan fingerprint density at radius 2 is 1.79 bits per heavy atom. The van der Waals surface area contributed by atoms with Crippen LogP contribution in [0.2, 0.25) is 5.02 Å². The van der Waals surface area contributed by atoms with Crippen molar-refractivity contribution in [2.45, 2.75) is 33.1 Å². The molecule has 3 nitrogen and oxygen atoms in total. The second kappa shape index (κ2) is 6.80. The molecule has 0 aliphatic carbocycles. The van der Waals surface area contributed by atoms with Gasteiger partial charge in [-0.25, -0.2) is 0 Å². The Morgan fingerprint density at radius 1 is 1.21 bits per heavy atom. The van der Waals surface area contributed by atoms with Gasteiger partial charge < -0.3 is 9.47 Å². The summed E-state index contributed by atoms with van der Waals surface area (Å²) in [7, 11) is 3.14. The first-order valence-corrected chi connectivity index (χ1v) is 6.78. The van der Waals surface area contributed by atoms with Crippen LogP contribution in [-0.4, -0.2) is 20.0 Å². The van der Waals surface area contributed by atoms with Crippen molar-refractivity contribution >= 4 is 17.4 Å². The molecule has 0 fully saturated rings. The van der Waals surface area contributed by atoms with Crippen LogP contribution < -0.4 is 9.47 Å². The van der Waals surface area contributed by atoms with Crippen molar-refractivity contribution in [1.82, 2.24) is 0 Å². The molecule has 1 rings (SSSR count). The van der Waals surface area contributed by atoms with Gasteiger partial charge in [-0.3, -0.25) is 4.79 Å². The summed E-state index contributed by atoms with van der Waals surface area (Å²) in [5.74, 6) is 1.37. The molecule has 1 aromatic carbocycles. The van der Waals surface area contributed by atoms with Crippen LogP contribution in [0.3, 0.4) is 0 Å². The Morgan fingerprint density at radius 3 is 2.21 bits per heavy atom. The van der Waals surface area contributed by atoms with Crippen molar-refractivity contribution in [3.63, 3.8) is 0 Å². The molecule has 1 aromatic rings. The topological polar surface area (TPSA) is 35.5 Å². The molecule has 0 aromatic heterocycles. The Bertz CT molecular complexity index is 455. The fraction of sp³-hybridized carbons (Fsp3) is 0.533. The van der Waals surface area contributed by atoms with Crippen LogP contribution >= 0.6 is 11.6 Å². The van der Waals surface area contributed by atoms with Crippen LogP contribution in [-0.2, 0) is 4.79 Å². The first-order chi connectivity index (χ1) is 8.96. The van der Waals surface area contributed by atoms with Crippen LogP contribution in [0.25, 0.3) is 0 Å². The van der Waals surface area contributed by atoms with E-state index in [0.29, 0.717) is 22.9 Å². The molecule has 0 N–H and O–H groups in total. The number of ether oxygens (including phenoxy) is 2. The molecule has 0 amide bonds. The van der Waals surface area contributed by atoms with Gasteiger partial charge in [0.1, 0.15) is 17.3 Å². The number of methoxy groups -OCH3 is 2. The van der Waals surface area contributed by atoms with Gasteiger partial charge in [0.2, 0.25) is 0 Å². The Hall–Kier alpha value is -1.22. The average molecular weight is 285 g/mol. The summed E-state index contributed by atoms with van der Waals surface area (Å²) in [6.07, 6.45) is 0.497. The molecule has 1 unspecified atom stereocenters. The van der Waals surface area contributed by atoms with Crippen molar-refractivity contribution in [1.29, 1.82) is 0 Å². The lowest BCUT2D eigenvalue weighted by Crippen LogP contribution is -2.18. The van der Waals surface area contributed by atoms with Crippen LogP contribution in [0.15, 0.2) is 12.1 Å². The van der Waals surface area contributed by atoms with E-state index < -0.39 is 0 Å². The molecule has 4 heteroatoms. The minimum atomic E-state index is -0.203. The normalized spacial score (nSPS) is 12.4. The standard InChI is InChI=1S/C15H21ClO3/c1-6-12(17)15(9(2)3)10-7-14(19-5)11(16)8-13(10)18-4/h7-9,15H,6H2,1-5H3. The summed E-state index contributed by atoms with van der Waals surface area (Å²) in [6, 6.07) is 3.51. The molecule has 0 radical (unpaired) electrons. The van der Waals surface area contributed by atoms with Gasteiger partial charge in [-0.1, -0.05) is 32.4 Å². The molecule has 0 aliphatic rings. The number of hydrogen-bond donors (Lipinski definition) is 0. The lowest BCUT2D eigenvalue weighted by Gasteiger charge is -2.23. The predicted octanol–water partition coefficient (Wildman–Crippen LogP) is 4.08. The zero-order chi connectivity index (χ0) is 14.6. The zero-order valence-electron chi connectivity index (χ0n) is 12.1. The van der Waals surface area contributed by atoms with Crippen LogP contribution in [0.4, 0.5) is 0 Å². The third kappa shape index (κ3) is 3.41. The molecule has 0 heterocycles. The number of hydrogen-bond acceptors (Lipinski definition) is 3. The maximum absolute atomic E-state index is 12.2. The molecule has 19 heavy (non-hydrogen) atoms. The van der Waals surface area contributed by atoms with Crippen molar-refractivity contribution in [3.05, 3.63) is 22.7 Å². The maximum atomic E-state index is 12.2. The van der Waals surface area contributed by atoms with E-state index in [1.54, 1.807) is 26.4 Å². The number of Topliss-reactive ketones (excluding diaryl/α,β-unsaturated/α-hetero) is 1. The maximum Gasteiger partial charge on any atom is 0.140 e. The lowest BCUT2D eigenvalue weighted by molar-refractivity contribution is -0.121. The highest BCUT2D eigenvalue weighted by atomic mass is 35.5. The minimum absolute atomic E-state index is 0.187. The van der Waals surface area contributed by atoms with Crippen molar-refractivity contribution in [2.24, 2.45) is 5.92 Å². The fourth-order valence-corrected chi connectivity index (χ4v) is 2.48. The first-order valence-electron chi connectivity index (χ1n) is 6.40. The SMILES string of the molecule is CCC(=O)C(c1cc(OC)c(Cl)cc1OC)C(C)C. The van der Waals surface area contributed by atoms with Crippen LogP contribution in [0, 0.1) is 5.92 Å². The number of benzene rings is 1. The van der Waals surface area contributed by atoms with E-state index in [2.05, 4.69) is 0 Å². The Labute approximate surface area is 119 Å². The summed E-state index contributed by atoms with van der Waals surface area (Å²) in [4.78, 5) is 12.2. The Balaban J connectivity index is 3.39. The summed E-state index contributed by atoms with van der Waals surface area (Å²) in [5.41, 5.74) is 0.839. The van der Waals surface area contributed by atoms with E-state index >= 15 is 0 Å². The van der Waals surface area contributed by atoms with E-state index in [1.165, 1.54) is 0 Å². The Kier molecular flexibility index (Phi) is 5.67. The number of carbonyl (C=O) groups excluding carboxylic acids is 1. The van der Waals surface area contributed by atoms with E-state index in [4.69, 9.17) is 21.1 Å². The molecule has 1 atom stereocenters. The largest absolute Gasteiger partial charge is 0.496 e. The van der Waals surface area contributed by atoms with Gasteiger partial charge in [0, 0.05) is 24.0 Å². The van der Waals surface area contributed by atoms with E-state index in [-0.39, 0.29) is 17.6 Å². The number of halogens is 1. The quantitative estimate of drug-likeness (QED) is 0.790. The van der Waals surface area contributed by atoms with Gasteiger partial charge in [0.25, 0.3) is 0 Å². The predicted molar refractivity (Wildman–Crippen MR) is 77.4 cm³/mol. The summed E-state index contributed by atoms with van der Waals surface area (Å²) < 4.78 is 10.6. The van der Waals surface area contributed by atoms with E-state index in [9.17, 15) is 4.79 Å². The molecule has 0 aliphatic heterocycles. The molecule has 106 valence electrons. The first kappa shape index (κ1) is 15.8. The molecular weight excluding hydrogens is 264 g/mol. The van der Waals surface area contributed by atoms with Gasteiger partial charge in [-0.15, -0.1) is 0 Å². The molecule has 0 spiro atoms. The van der Waals surface area contributed by atoms with Crippen molar-refractivity contribution in [2.75, 3.05) is 14.2 Å². The van der Waals surface area contributed by atoms with Crippen molar-refractivity contribution < 1.29 is 14.3 Å². The van der Waals surface area contributed by atoms with Gasteiger partial charge in [0.05, 0.1) is 19.2 Å². The molecule has 0 saturated heterocycles. The van der Waals surface area contributed by atoms with Gasteiger partial charge in [-0.05, 0) is 12.0 Å².